The summed E-state index contributed by atoms with van der Waals surface area (Å²) in [4.78, 5) is 2.34. The average molecular weight is 440 g/mol. The van der Waals surface area contributed by atoms with Crippen molar-refractivity contribution in [2.45, 2.75) is 19.0 Å². The second-order valence-corrected chi connectivity index (χ2v) is 8.02. The first-order valence-corrected chi connectivity index (χ1v) is 10.5. The number of rotatable bonds is 6. The van der Waals surface area contributed by atoms with Crippen LogP contribution in [0.2, 0.25) is 5.02 Å². The number of phenolic OH excluding ortho intramolecular Hbond substituents is 1. The lowest BCUT2D eigenvalue weighted by Gasteiger charge is -2.38. The van der Waals surface area contributed by atoms with Crippen LogP contribution in [-0.4, -0.2) is 37.9 Å². The van der Waals surface area contributed by atoms with Crippen LogP contribution < -0.4 is 14.2 Å². The zero-order chi connectivity index (χ0) is 22.0. The molecule has 1 N–H and O–H groups in total. The molecular formula is C25H26ClNO4. The molecule has 0 bridgehead atoms. The molecule has 4 rings (SSSR count). The summed E-state index contributed by atoms with van der Waals surface area (Å²) in [5, 5.41) is 11.2. The summed E-state index contributed by atoms with van der Waals surface area (Å²) in [5.74, 6) is 2.39. The summed E-state index contributed by atoms with van der Waals surface area (Å²) >= 11 is 6.35. The van der Waals surface area contributed by atoms with Crippen LogP contribution in [0.5, 0.6) is 23.0 Å². The number of nitrogens with zero attached hydrogens (tertiary/aromatic N) is 1. The molecule has 3 aromatic carbocycles. The van der Waals surface area contributed by atoms with Gasteiger partial charge in [-0.15, -0.1) is 0 Å². The van der Waals surface area contributed by atoms with E-state index in [1.165, 1.54) is 5.56 Å². The maximum Gasteiger partial charge on any atom is 0.161 e. The molecule has 1 heterocycles. The van der Waals surface area contributed by atoms with Gasteiger partial charge < -0.3 is 19.3 Å². The zero-order valence-electron chi connectivity index (χ0n) is 17.9. The van der Waals surface area contributed by atoms with E-state index in [1.54, 1.807) is 33.5 Å². The van der Waals surface area contributed by atoms with Crippen molar-refractivity contribution >= 4 is 11.6 Å². The fourth-order valence-corrected chi connectivity index (χ4v) is 4.47. The van der Waals surface area contributed by atoms with E-state index in [9.17, 15) is 5.11 Å². The number of aromatic hydroxyl groups is 1. The lowest BCUT2D eigenvalue weighted by molar-refractivity contribution is 0.201. The van der Waals surface area contributed by atoms with Crippen LogP contribution in [0.1, 0.15) is 28.3 Å². The Morgan fingerprint density at radius 1 is 0.968 bits per heavy atom. The lowest BCUT2D eigenvalue weighted by Crippen LogP contribution is -2.35. The molecule has 1 aliphatic rings. The maximum absolute atomic E-state index is 10.5. The molecule has 0 aromatic heterocycles. The van der Waals surface area contributed by atoms with E-state index >= 15 is 0 Å². The van der Waals surface area contributed by atoms with E-state index in [0.717, 1.165) is 41.2 Å². The first-order chi connectivity index (χ1) is 15.0. The van der Waals surface area contributed by atoms with Crippen LogP contribution in [-0.2, 0) is 13.0 Å². The second-order valence-electron chi connectivity index (χ2n) is 7.58. The SMILES string of the molecule is COc1ccc(O)c(CN2CCc3cc(OC)c(OC)cc3[C@H]2c2cccc(Cl)c2)c1. The monoisotopic (exact) mass is 439 g/mol. The van der Waals surface area contributed by atoms with Crippen LogP contribution in [0.3, 0.4) is 0 Å². The van der Waals surface area contributed by atoms with Gasteiger partial charge in [0.05, 0.1) is 27.4 Å². The quantitative estimate of drug-likeness (QED) is 0.570. The maximum atomic E-state index is 10.5. The van der Waals surface area contributed by atoms with E-state index in [2.05, 4.69) is 23.1 Å². The van der Waals surface area contributed by atoms with Gasteiger partial charge >= 0.3 is 0 Å². The summed E-state index contributed by atoms with van der Waals surface area (Å²) in [6.07, 6.45) is 0.859. The van der Waals surface area contributed by atoms with E-state index < -0.39 is 0 Å². The molecule has 6 heteroatoms. The molecule has 0 saturated heterocycles. The third-order valence-corrected chi connectivity index (χ3v) is 6.03. The van der Waals surface area contributed by atoms with E-state index in [1.807, 2.05) is 24.3 Å². The molecule has 1 atom stereocenters. The smallest absolute Gasteiger partial charge is 0.161 e. The van der Waals surface area contributed by atoms with Crippen molar-refractivity contribution in [2.75, 3.05) is 27.9 Å². The highest BCUT2D eigenvalue weighted by atomic mass is 35.5. The summed E-state index contributed by atoms with van der Waals surface area (Å²) in [7, 11) is 4.93. The highest BCUT2D eigenvalue weighted by molar-refractivity contribution is 6.30. The first kappa shape index (κ1) is 21.3. The third kappa shape index (κ3) is 4.29. The molecule has 0 spiro atoms. The molecule has 0 fully saturated rings. The number of hydrogen-bond donors (Lipinski definition) is 1. The molecule has 1 aliphatic heterocycles. The van der Waals surface area contributed by atoms with Crippen molar-refractivity contribution in [3.8, 4) is 23.0 Å². The fourth-order valence-electron chi connectivity index (χ4n) is 4.27. The molecular weight excluding hydrogens is 414 g/mol. The largest absolute Gasteiger partial charge is 0.508 e. The molecule has 31 heavy (non-hydrogen) atoms. The van der Waals surface area contributed by atoms with Crippen molar-refractivity contribution in [1.82, 2.24) is 4.90 Å². The summed E-state index contributed by atoms with van der Waals surface area (Å²) in [6, 6.07) is 17.3. The minimum Gasteiger partial charge on any atom is -0.508 e. The van der Waals surface area contributed by atoms with Gasteiger partial charge in [0.25, 0.3) is 0 Å². The van der Waals surface area contributed by atoms with Crippen molar-refractivity contribution in [3.63, 3.8) is 0 Å². The Morgan fingerprint density at radius 3 is 2.45 bits per heavy atom. The number of phenols is 1. The van der Waals surface area contributed by atoms with Gasteiger partial charge in [0.15, 0.2) is 11.5 Å². The number of ether oxygens (including phenoxy) is 3. The Morgan fingerprint density at radius 2 is 1.74 bits per heavy atom. The van der Waals surface area contributed by atoms with Crippen LogP contribution >= 0.6 is 11.6 Å². The van der Waals surface area contributed by atoms with E-state index in [0.29, 0.717) is 17.3 Å². The molecule has 0 aliphatic carbocycles. The Hall–Kier alpha value is -2.89. The highest BCUT2D eigenvalue weighted by Crippen LogP contribution is 2.42. The molecule has 0 saturated carbocycles. The molecule has 0 radical (unpaired) electrons. The van der Waals surface area contributed by atoms with Gasteiger partial charge in [-0.05, 0) is 65.6 Å². The number of methoxy groups -OCH3 is 3. The molecule has 3 aromatic rings. The Bertz CT molecular complexity index is 1090. The predicted molar refractivity (Wildman–Crippen MR) is 122 cm³/mol. The fraction of sp³-hybridized carbons (Fsp3) is 0.280. The first-order valence-electron chi connectivity index (χ1n) is 10.1. The summed E-state index contributed by atoms with van der Waals surface area (Å²) in [5.41, 5.74) is 4.26. The Labute approximate surface area is 187 Å². The minimum atomic E-state index is -0.0483. The predicted octanol–water partition coefficient (Wildman–Crippen LogP) is 5.22. The third-order valence-electron chi connectivity index (χ3n) is 5.80. The Kier molecular flexibility index (Phi) is 6.25. The van der Waals surface area contributed by atoms with Crippen LogP contribution in [0.15, 0.2) is 54.6 Å². The standard InChI is InChI=1S/C25H26ClNO4/c1-29-20-7-8-22(28)18(12-20)15-27-10-9-16-13-23(30-2)24(31-3)14-21(16)25(27)17-5-4-6-19(26)11-17/h4-8,11-14,25,28H,9-10,15H2,1-3H3/t25-/m1/s1. The summed E-state index contributed by atoms with van der Waals surface area (Å²) in [6.45, 7) is 1.38. The van der Waals surface area contributed by atoms with Crippen molar-refractivity contribution in [1.29, 1.82) is 0 Å². The Balaban J connectivity index is 1.81. The minimum absolute atomic E-state index is 0.0483. The van der Waals surface area contributed by atoms with Crippen LogP contribution in [0.25, 0.3) is 0 Å². The van der Waals surface area contributed by atoms with Gasteiger partial charge in [-0.1, -0.05) is 23.7 Å². The highest BCUT2D eigenvalue weighted by Gasteiger charge is 2.31. The zero-order valence-corrected chi connectivity index (χ0v) is 18.6. The lowest BCUT2D eigenvalue weighted by atomic mass is 9.87. The van der Waals surface area contributed by atoms with Crippen LogP contribution in [0, 0.1) is 0 Å². The van der Waals surface area contributed by atoms with Crippen molar-refractivity contribution < 1.29 is 19.3 Å². The topological polar surface area (TPSA) is 51.2 Å². The summed E-state index contributed by atoms with van der Waals surface area (Å²) < 4.78 is 16.5. The van der Waals surface area contributed by atoms with Crippen LogP contribution in [0.4, 0.5) is 0 Å². The number of hydrogen-bond acceptors (Lipinski definition) is 5. The van der Waals surface area contributed by atoms with Gasteiger partial charge in [-0.3, -0.25) is 4.90 Å². The molecule has 0 unspecified atom stereocenters. The van der Waals surface area contributed by atoms with E-state index in [-0.39, 0.29) is 11.8 Å². The van der Waals surface area contributed by atoms with Gasteiger partial charge in [0.2, 0.25) is 0 Å². The van der Waals surface area contributed by atoms with Gasteiger partial charge in [0, 0.05) is 23.7 Å². The normalized spacial score (nSPS) is 15.9. The molecule has 5 nitrogen and oxygen atoms in total. The van der Waals surface area contributed by atoms with Gasteiger partial charge in [0.1, 0.15) is 11.5 Å². The van der Waals surface area contributed by atoms with Crippen molar-refractivity contribution in [2.24, 2.45) is 0 Å². The molecule has 0 amide bonds. The van der Waals surface area contributed by atoms with Crippen molar-refractivity contribution in [3.05, 3.63) is 81.9 Å². The number of halogens is 1. The van der Waals surface area contributed by atoms with Gasteiger partial charge in [-0.25, -0.2) is 0 Å². The number of benzene rings is 3. The second kappa shape index (κ2) is 9.08. The molecule has 162 valence electrons. The average Bonchev–Trinajstić information content (AvgIpc) is 2.79. The van der Waals surface area contributed by atoms with Gasteiger partial charge in [-0.2, -0.15) is 0 Å². The number of fused-ring (bicyclic) bond motifs is 1. The van der Waals surface area contributed by atoms with E-state index in [4.69, 9.17) is 25.8 Å².